The zero-order valence-electron chi connectivity index (χ0n) is 8.40. The van der Waals surface area contributed by atoms with E-state index >= 15 is 0 Å². The van der Waals surface area contributed by atoms with Gasteiger partial charge in [-0.2, -0.15) is 0 Å². The Morgan fingerprint density at radius 2 is 2.25 bits per heavy atom. The molecule has 0 bridgehead atoms. The third-order valence-electron chi connectivity index (χ3n) is 2.06. The largest absolute Gasteiger partial charge is 0.483 e. The third-order valence-corrected chi connectivity index (χ3v) is 2.39. The van der Waals surface area contributed by atoms with Gasteiger partial charge in [-0.15, -0.1) is 0 Å². The van der Waals surface area contributed by atoms with Crippen LogP contribution in [0.3, 0.4) is 0 Å². The number of aromatic nitrogens is 1. The molecular formula is C11H10ClN3O. The number of fused-ring (bicyclic) bond motifs is 1. The monoisotopic (exact) mass is 235 g/mol. The van der Waals surface area contributed by atoms with Crippen LogP contribution >= 0.6 is 11.6 Å². The molecule has 0 fully saturated rings. The summed E-state index contributed by atoms with van der Waals surface area (Å²) in [6, 6.07) is 7.13. The lowest BCUT2D eigenvalue weighted by Crippen LogP contribution is -2.19. The van der Waals surface area contributed by atoms with Crippen molar-refractivity contribution in [2.24, 2.45) is 5.73 Å². The highest BCUT2D eigenvalue weighted by atomic mass is 35.5. The van der Waals surface area contributed by atoms with Gasteiger partial charge in [0.2, 0.25) is 0 Å². The van der Waals surface area contributed by atoms with Crippen LogP contribution in [0.5, 0.6) is 5.75 Å². The van der Waals surface area contributed by atoms with Crippen molar-refractivity contribution in [3.8, 4) is 5.75 Å². The maximum Gasteiger partial charge on any atom is 0.146 e. The highest BCUT2D eigenvalue weighted by Gasteiger charge is 2.06. The van der Waals surface area contributed by atoms with E-state index in [4.69, 9.17) is 27.5 Å². The second-order valence-electron chi connectivity index (χ2n) is 3.26. The van der Waals surface area contributed by atoms with Crippen molar-refractivity contribution < 1.29 is 4.74 Å². The highest BCUT2D eigenvalue weighted by Crippen LogP contribution is 2.29. The zero-order valence-corrected chi connectivity index (χ0v) is 9.16. The quantitative estimate of drug-likeness (QED) is 0.633. The Kier molecular flexibility index (Phi) is 2.92. The molecule has 0 amide bonds. The van der Waals surface area contributed by atoms with Gasteiger partial charge < -0.3 is 10.5 Å². The number of benzene rings is 1. The van der Waals surface area contributed by atoms with Crippen LogP contribution in [-0.4, -0.2) is 17.4 Å². The van der Waals surface area contributed by atoms with Crippen LogP contribution in [0.4, 0.5) is 0 Å². The molecule has 0 aliphatic heterocycles. The molecule has 0 saturated heterocycles. The van der Waals surface area contributed by atoms with Crippen molar-refractivity contribution in [2.45, 2.75) is 0 Å². The maximum atomic E-state index is 7.10. The summed E-state index contributed by atoms with van der Waals surface area (Å²) in [7, 11) is 0. The molecule has 0 unspecified atom stereocenters. The molecule has 0 atom stereocenters. The summed E-state index contributed by atoms with van der Waals surface area (Å²) in [5.74, 6) is 0.550. The molecule has 1 aromatic heterocycles. The number of amidine groups is 1. The summed E-state index contributed by atoms with van der Waals surface area (Å²) in [6.45, 7) is 0.0489. The molecular weight excluding hydrogens is 226 g/mol. The number of hydrogen-bond acceptors (Lipinski definition) is 3. The average Bonchev–Trinajstić information content (AvgIpc) is 2.28. The first kappa shape index (κ1) is 10.7. The van der Waals surface area contributed by atoms with E-state index < -0.39 is 0 Å². The van der Waals surface area contributed by atoms with Crippen LogP contribution < -0.4 is 10.5 Å². The molecule has 2 aromatic rings. The number of nitrogens with one attached hydrogen (secondary N) is 1. The van der Waals surface area contributed by atoms with Gasteiger partial charge in [0.15, 0.2) is 0 Å². The number of hydrogen-bond donors (Lipinski definition) is 2. The normalized spacial score (nSPS) is 10.3. The van der Waals surface area contributed by atoms with Gasteiger partial charge in [0.25, 0.3) is 0 Å². The van der Waals surface area contributed by atoms with E-state index in [0.29, 0.717) is 16.3 Å². The van der Waals surface area contributed by atoms with E-state index in [2.05, 4.69) is 4.98 Å². The second kappa shape index (κ2) is 4.37. The molecule has 4 nitrogen and oxygen atoms in total. The number of pyridine rings is 1. The van der Waals surface area contributed by atoms with Crippen LogP contribution in [0.15, 0.2) is 30.5 Å². The van der Waals surface area contributed by atoms with Gasteiger partial charge in [-0.3, -0.25) is 10.4 Å². The van der Waals surface area contributed by atoms with Crippen molar-refractivity contribution in [2.75, 3.05) is 6.61 Å². The van der Waals surface area contributed by atoms with Crippen molar-refractivity contribution in [1.29, 1.82) is 5.41 Å². The Bertz CT molecular complexity index is 542. The Morgan fingerprint density at radius 1 is 1.44 bits per heavy atom. The summed E-state index contributed by atoms with van der Waals surface area (Å²) in [6.07, 6.45) is 1.67. The first-order valence-corrected chi connectivity index (χ1v) is 5.05. The Hall–Kier alpha value is -1.81. The van der Waals surface area contributed by atoms with Crippen LogP contribution in [0, 0.1) is 5.41 Å². The van der Waals surface area contributed by atoms with Gasteiger partial charge in [-0.25, -0.2) is 0 Å². The van der Waals surface area contributed by atoms with Crippen molar-refractivity contribution in [3.63, 3.8) is 0 Å². The molecule has 1 heterocycles. The van der Waals surface area contributed by atoms with Crippen LogP contribution in [0.2, 0.25) is 5.02 Å². The first-order chi connectivity index (χ1) is 7.68. The summed E-state index contributed by atoms with van der Waals surface area (Å²) < 4.78 is 5.37. The molecule has 1 aromatic carbocycles. The van der Waals surface area contributed by atoms with Crippen molar-refractivity contribution in [1.82, 2.24) is 4.98 Å². The number of nitrogens with two attached hydrogens (primary N) is 1. The summed E-state index contributed by atoms with van der Waals surface area (Å²) in [5, 5.41) is 8.55. The molecule has 82 valence electrons. The molecule has 0 aliphatic carbocycles. The summed E-state index contributed by atoms with van der Waals surface area (Å²) >= 11 is 6.03. The highest BCUT2D eigenvalue weighted by molar-refractivity contribution is 6.35. The molecule has 3 N–H and O–H groups in total. The van der Waals surface area contributed by atoms with Crippen LogP contribution in [0.1, 0.15) is 0 Å². The number of rotatable bonds is 3. The van der Waals surface area contributed by atoms with E-state index in [0.717, 1.165) is 5.39 Å². The lowest BCUT2D eigenvalue weighted by molar-refractivity contribution is 0.378. The van der Waals surface area contributed by atoms with Gasteiger partial charge >= 0.3 is 0 Å². The predicted octanol–water partition coefficient (Wildman–Crippen LogP) is 2.20. The topological polar surface area (TPSA) is 72.0 Å². The minimum Gasteiger partial charge on any atom is -0.483 e. The third kappa shape index (κ3) is 2.06. The molecule has 0 spiro atoms. The minimum atomic E-state index is -0.0287. The van der Waals surface area contributed by atoms with Gasteiger partial charge in [0, 0.05) is 11.6 Å². The number of halogens is 1. The fourth-order valence-electron chi connectivity index (χ4n) is 1.38. The van der Waals surface area contributed by atoms with Crippen molar-refractivity contribution >= 4 is 28.3 Å². The fourth-order valence-corrected chi connectivity index (χ4v) is 1.60. The fraction of sp³-hybridized carbons (Fsp3) is 0.0909. The Balaban J connectivity index is 2.46. The molecule has 16 heavy (non-hydrogen) atoms. The molecule has 0 radical (unpaired) electrons. The maximum absolute atomic E-state index is 7.10. The number of ether oxygens (including phenoxy) is 1. The van der Waals surface area contributed by atoms with Crippen molar-refractivity contribution in [3.05, 3.63) is 35.5 Å². The molecule has 2 rings (SSSR count). The molecule has 5 heteroatoms. The van der Waals surface area contributed by atoms with Crippen LogP contribution in [-0.2, 0) is 0 Å². The van der Waals surface area contributed by atoms with E-state index in [9.17, 15) is 0 Å². The number of nitrogens with zero attached hydrogens (tertiary/aromatic N) is 1. The Labute approximate surface area is 97.5 Å². The Morgan fingerprint density at radius 3 is 3.00 bits per heavy atom. The standard InChI is InChI=1S/C11H10ClN3O/c12-8-3-4-9(16-6-10(13)14)11-7(8)2-1-5-15-11/h1-5H,6H2,(H3,13,14). The van der Waals surface area contributed by atoms with Gasteiger partial charge in [0.1, 0.15) is 23.7 Å². The van der Waals surface area contributed by atoms with Gasteiger partial charge in [0.05, 0.1) is 5.02 Å². The smallest absolute Gasteiger partial charge is 0.146 e. The molecule has 0 aliphatic rings. The predicted molar refractivity (Wildman–Crippen MR) is 64.2 cm³/mol. The zero-order chi connectivity index (χ0) is 11.5. The first-order valence-electron chi connectivity index (χ1n) is 4.67. The van der Waals surface area contributed by atoms with E-state index in [1.165, 1.54) is 0 Å². The summed E-state index contributed by atoms with van der Waals surface area (Å²) in [4.78, 5) is 4.20. The second-order valence-corrected chi connectivity index (χ2v) is 3.67. The average molecular weight is 236 g/mol. The SMILES string of the molecule is N=C(N)COc1ccc(Cl)c2cccnc12. The minimum absolute atomic E-state index is 0.0287. The lowest BCUT2D eigenvalue weighted by atomic mass is 10.2. The van der Waals surface area contributed by atoms with E-state index in [-0.39, 0.29) is 12.4 Å². The van der Waals surface area contributed by atoms with Gasteiger partial charge in [-0.05, 0) is 24.3 Å². The van der Waals surface area contributed by atoms with E-state index in [1.54, 1.807) is 18.3 Å². The summed E-state index contributed by atoms with van der Waals surface area (Å²) in [5.41, 5.74) is 5.90. The molecule has 0 saturated carbocycles. The van der Waals surface area contributed by atoms with Gasteiger partial charge in [-0.1, -0.05) is 11.6 Å². The van der Waals surface area contributed by atoms with Crippen LogP contribution in [0.25, 0.3) is 10.9 Å². The lowest BCUT2D eigenvalue weighted by Gasteiger charge is -2.08. The van der Waals surface area contributed by atoms with E-state index in [1.807, 2.05) is 12.1 Å².